The van der Waals surface area contributed by atoms with E-state index in [4.69, 9.17) is 24.3 Å². The second-order valence-corrected chi connectivity index (χ2v) is 14.3. The normalized spacial score (nSPS) is 13.5. The van der Waals surface area contributed by atoms with Crippen molar-refractivity contribution in [1.82, 2.24) is 0 Å². The summed E-state index contributed by atoms with van der Waals surface area (Å²) in [6.07, 6.45) is 32.4. The summed E-state index contributed by atoms with van der Waals surface area (Å²) in [6, 6.07) is 0. The second-order valence-electron chi connectivity index (χ2n) is 12.8. The van der Waals surface area contributed by atoms with Crippen molar-refractivity contribution in [2.75, 3.05) is 26.4 Å². The molecule has 0 saturated carbocycles. The molecule has 0 radical (unpaired) electrons. The molecule has 47 heavy (non-hydrogen) atoms. The summed E-state index contributed by atoms with van der Waals surface area (Å²) in [6.45, 7) is 3.70. The molecule has 9 nitrogen and oxygen atoms in total. The molecule has 0 bridgehead atoms. The third-order valence-electron chi connectivity index (χ3n) is 8.15. The molecule has 10 heteroatoms. The van der Waals surface area contributed by atoms with E-state index in [1.165, 1.54) is 96.3 Å². The van der Waals surface area contributed by atoms with Crippen LogP contribution in [0.3, 0.4) is 0 Å². The third-order valence-corrected chi connectivity index (χ3v) is 9.14. The summed E-state index contributed by atoms with van der Waals surface area (Å²) in [4.78, 5) is 34.7. The summed E-state index contributed by atoms with van der Waals surface area (Å²) in [5.41, 5.74) is 5.33. The molecule has 0 rings (SSSR count). The van der Waals surface area contributed by atoms with Gasteiger partial charge in [0.05, 0.1) is 13.2 Å². The standard InChI is InChI=1S/C37H72NO8P/c1-3-5-7-9-11-13-15-17-18-20-22-24-26-28-30-37(40)46-35(34-45-47(41,42)44-32-31-38)33-43-36(39)29-27-25-23-21-19-16-14-12-10-8-6-4-2/h12,14,35H,3-11,13,15-34,38H2,1-2H3,(H,41,42)/b14-12-/t35-/m1/s1. The summed E-state index contributed by atoms with van der Waals surface area (Å²) in [7, 11) is -4.36. The zero-order valence-corrected chi connectivity index (χ0v) is 31.2. The molecule has 3 N–H and O–H groups in total. The lowest BCUT2D eigenvalue weighted by Gasteiger charge is -2.19. The number of allylic oxidation sites excluding steroid dienone is 2. The molecule has 0 spiro atoms. The lowest BCUT2D eigenvalue weighted by Crippen LogP contribution is -2.29. The number of phosphoric ester groups is 1. The Morgan fingerprint density at radius 2 is 1.04 bits per heavy atom. The summed E-state index contributed by atoms with van der Waals surface area (Å²) in [5.74, 6) is -0.834. The van der Waals surface area contributed by atoms with Gasteiger partial charge in [0.25, 0.3) is 0 Å². The smallest absolute Gasteiger partial charge is 0.462 e. The molecular formula is C37H72NO8P. The van der Waals surface area contributed by atoms with E-state index in [-0.39, 0.29) is 38.6 Å². The monoisotopic (exact) mass is 689 g/mol. The highest BCUT2D eigenvalue weighted by Crippen LogP contribution is 2.43. The minimum absolute atomic E-state index is 0.0549. The lowest BCUT2D eigenvalue weighted by molar-refractivity contribution is -0.161. The molecule has 0 aliphatic heterocycles. The first-order valence-corrected chi connectivity index (χ1v) is 20.7. The van der Waals surface area contributed by atoms with Crippen LogP contribution in [0.4, 0.5) is 0 Å². The number of hydrogen-bond donors (Lipinski definition) is 2. The molecular weight excluding hydrogens is 617 g/mol. The fourth-order valence-corrected chi connectivity index (χ4v) is 6.04. The van der Waals surface area contributed by atoms with E-state index >= 15 is 0 Å². The van der Waals surface area contributed by atoms with E-state index in [2.05, 4.69) is 26.0 Å². The number of ether oxygens (including phenoxy) is 2. The molecule has 0 aliphatic rings. The predicted molar refractivity (Wildman–Crippen MR) is 192 cm³/mol. The van der Waals surface area contributed by atoms with Crippen molar-refractivity contribution in [3.05, 3.63) is 12.2 Å². The van der Waals surface area contributed by atoms with Crippen LogP contribution in [-0.2, 0) is 32.7 Å². The highest BCUT2D eigenvalue weighted by atomic mass is 31.2. The van der Waals surface area contributed by atoms with Gasteiger partial charge in [-0.2, -0.15) is 0 Å². The summed E-state index contributed by atoms with van der Waals surface area (Å²) in [5, 5.41) is 0. The van der Waals surface area contributed by atoms with Crippen molar-refractivity contribution in [1.29, 1.82) is 0 Å². The van der Waals surface area contributed by atoms with Crippen LogP contribution in [0.15, 0.2) is 12.2 Å². The van der Waals surface area contributed by atoms with Gasteiger partial charge in [-0.3, -0.25) is 18.6 Å². The van der Waals surface area contributed by atoms with E-state index in [1.54, 1.807) is 0 Å². The van der Waals surface area contributed by atoms with Crippen LogP contribution in [0.25, 0.3) is 0 Å². The maximum Gasteiger partial charge on any atom is 0.472 e. The van der Waals surface area contributed by atoms with Gasteiger partial charge >= 0.3 is 19.8 Å². The van der Waals surface area contributed by atoms with Crippen LogP contribution in [0.1, 0.15) is 181 Å². The lowest BCUT2D eigenvalue weighted by atomic mass is 10.0. The molecule has 0 heterocycles. The molecule has 2 atom stereocenters. The highest BCUT2D eigenvalue weighted by Gasteiger charge is 2.25. The number of carbonyl (C=O) groups excluding carboxylic acids is 2. The first kappa shape index (κ1) is 45.8. The number of hydrogen-bond acceptors (Lipinski definition) is 8. The summed E-state index contributed by atoms with van der Waals surface area (Å²) < 4.78 is 32.6. The fraction of sp³-hybridized carbons (Fsp3) is 0.892. The van der Waals surface area contributed by atoms with Crippen LogP contribution in [0, 0.1) is 0 Å². The van der Waals surface area contributed by atoms with E-state index in [9.17, 15) is 19.0 Å². The van der Waals surface area contributed by atoms with Gasteiger partial charge in [0.2, 0.25) is 0 Å². The van der Waals surface area contributed by atoms with Crippen LogP contribution in [0.2, 0.25) is 0 Å². The van der Waals surface area contributed by atoms with Crippen molar-refractivity contribution in [3.8, 4) is 0 Å². The Kier molecular flexibility index (Phi) is 33.7. The topological polar surface area (TPSA) is 134 Å². The minimum atomic E-state index is -4.36. The van der Waals surface area contributed by atoms with Crippen molar-refractivity contribution in [3.63, 3.8) is 0 Å². The van der Waals surface area contributed by atoms with Gasteiger partial charge in [-0.05, 0) is 38.5 Å². The number of nitrogens with two attached hydrogens (primary N) is 1. The SMILES string of the molecule is CCCCC/C=C\CCCCCCCC(=O)OC[C@H](COP(=O)(O)OCCN)OC(=O)CCCCCCCCCCCCCCCC. The first-order chi connectivity index (χ1) is 22.8. The number of carbonyl (C=O) groups is 2. The second kappa shape index (κ2) is 34.6. The van der Waals surface area contributed by atoms with Gasteiger partial charge in [0, 0.05) is 19.4 Å². The zero-order chi connectivity index (χ0) is 34.7. The molecule has 0 amide bonds. The van der Waals surface area contributed by atoms with E-state index in [0.717, 1.165) is 51.4 Å². The highest BCUT2D eigenvalue weighted by molar-refractivity contribution is 7.47. The number of unbranched alkanes of at least 4 members (excludes halogenated alkanes) is 21. The predicted octanol–water partition coefficient (Wildman–Crippen LogP) is 10.3. The van der Waals surface area contributed by atoms with Gasteiger partial charge in [0.1, 0.15) is 6.61 Å². The third kappa shape index (κ3) is 34.4. The quantitative estimate of drug-likeness (QED) is 0.0285. The molecule has 0 saturated heterocycles. The Bertz CT molecular complexity index is 794. The largest absolute Gasteiger partial charge is 0.472 e. The summed E-state index contributed by atoms with van der Waals surface area (Å²) >= 11 is 0. The van der Waals surface area contributed by atoms with E-state index < -0.39 is 26.5 Å². The van der Waals surface area contributed by atoms with Gasteiger partial charge in [-0.15, -0.1) is 0 Å². The fourth-order valence-electron chi connectivity index (χ4n) is 5.28. The maximum atomic E-state index is 12.5. The molecule has 1 unspecified atom stereocenters. The molecule has 0 aromatic heterocycles. The van der Waals surface area contributed by atoms with Crippen molar-refractivity contribution in [2.45, 2.75) is 187 Å². The van der Waals surface area contributed by atoms with Crippen molar-refractivity contribution >= 4 is 19.8 Å². The minimum Gasteiger partial charge on any atom is -0.462 e. The molecule has 0 aromatic rings. The Morgan fingerprint density at radius 1 is 0.617 bits per heavy atom. The number of phosphoric acid groups is 1. The zero-order valence-electron chi connectivity index (χ0n) is 30.3. The van der Waals surface area contributed by atoms with E-state index in [0.29, 0.717) is 6.42 Å². The molecule has 0 aliphatic carbocycles. The Labute approximate surface area is 288 Å². The number of rotatable bonds is 36. The van der Waals surface area contributed by atoms with Gasteiger partial charge in [-0.1, -0.05) is 142 Å². The van der Waals surface area contributed by atoms with Crippen LogP contribution >= 0.6 is 7.82 Å². The van der Waals surface area contributed by atoms with Gasteiger partial charge in [-0.25, -0.2) is 4.57 Å². The Hall–Kier alpha value is -1.25. The van der Waals surface area contributed by atoms with Crippen LogP contribution in [0.5, 0.6) is 0 Å². The van der Waals surface area contributed by atoms with Gasteiger partial charge < -0.3 is 20.1 Å². The first-order valence-electron chi connectivity index (χ1n) is 19.2. The maximum absolute atomic E-state index is 12.5. The Balaban J connectivity index is 4.21. The van der Waals surface area contributed by atoms with Crippen LogP contribution in [-0.4, -0.2) is 49.3 Å². The van der Waals surface area contributed by atoms with Gasteiger partial charge in [0.15, 0.2) is 6.10 Å². The molecule has 278 valence electrons. The van der Waals surface area contributed by atoms with Crippen molar-refractivity contribution in [2.24, 2.45) is 5.73 Å². The molecule has 0 aromatic carbocycles. The average molecular weight is 690 g/mol. The van der Waals surface area contributed by atoms with Crippen molar-refractivity contribution < 1.29 is 37.6 Å². The Morgan fingerprint density at radius 3 is 1.55 bits per heavy atom. The average Bonchev–Trinajstić information content (AvgIpc) is 3.05. The molecule has 0 fully saturated rings. The van der Waals surface area contributed by atoms with Crippen LogP contribution < -0.4 is 5.73 Å². The van der Waals surface area contributed by atoms with E-state index in [1.807, 2.05) is 0 Å². The number of esters is 2.